The van der Waals surface area contributed by atoms with Gasteiger partial charge in [0.15, 0.2) is 0 Å². The highest BCUT2D eigenvalue weighted by molar-refractivity contribution is 5.90. The molecule has 0 N–H and O–H groups in total. The van der Waals surface area contributed by atoms with E-state index in [1.165, 1.54) is 20.5 Å². The molecule has 0 saturated carbocycles. The van der Waals surface area contributed by atoms with E-state index in [9.17, 15) is 4.79 Å². The van der Waals surface area contributed by atoms with Crippen LogP contribution in [-0.4, -0.2) is 20.2 Å². The van der Waals surface area contributed by atoms with E-state index in [4.69, 9.17) is 14.2 Å². The number of carbonyl (C=O) groups is 1. The molecular formula is C20H22O4. The van der Waals surface area contributed by atoms with Gasteiger partial charge in [-0.3, -0.25) is 0 Å². The lowest BCUT2D eigenvalue weighted by molar-refractivity contribution is -0.136. The lowest BCUT2D eigenvalue weighted by Gasteiger charge is -2.19. The highest BCUT2D eigenvalue weighted by Crippen LogP contribution is 2.28. The highest BCUT2D eigenvalue weighted by atomic mass is 16.5. The van der Waals surface area contributed by atoms with Gasteiger partial charge in [-0.25, -0.2) is 4.79 Å². The molecule has 1 aliphatic carbocycles. The van der Waals surface area contributed by atoms with Gasteiger partial charge < -0.3 is 14.2 Å². The number of esters is 1. The van der Waals surface area contributed by atoms with Gasteiger partial charge in [-0.05, 0) is 36.6 Å². The number of allylic oxidation sites excluding steroid dienone is 5. The topological polar surface area (TPSA) is 44.8 Å². The van der Waals surface area contributed by atoms with E-state index in [0.29, 0.717) is 5.57 Å². The fourth-order valence-corrected chi connectivity index (χ4v) is 2.41. The van der Waals surface area contributed by atoms with Gasteiger partial charge >= 0.3 is 5.97 Å². The van der Waals surface area contributed by atoms with Crippen molar-refractivity contribution in [1.29, 1.82) is 0 Å². The van der Waals surface area contributed by atoms with Gasteiger partial charge in [0.2, 0.25) is 0 Å². The molecular weight excluding hydrogens is 304 g/mol. The first-order chi connectivity index (χ1) is 11.6. The Morgan fingerprint density at radius 2 is 1.96 bits per heavy atom. The van der Waals surface area contributed by atoms with Crippen molar-refractivity contribution >= 4 is 5.97 Å². The summed E-state index contributed by atoms with van der Waals surface area (Å²) in [4.78, 5) is 12.0. The first-order valence-corrected chi connectivity index (χ1v) is 7.67. The second-order valence-corrected chi connectivity index (χ2v) is 5.53. The Bertz CT molecular complexity index is 723. The number of aryl methyl sites for hydroxylation is 2. The minimum atomic E-state index is -0.431. The molecule has 0 amide bonds. The lowest BCUT2D eigenvalue weighted by atomic mass is 9.89. The molecule has 2 rings (SSSR count). The third kappa shape index (κ3) is 4.16. The Morgan fingerprint density at radius 3 is 2.67 bits per heavy atom. The molecule has 0 spiro atoms. The summed E-state index contributed by atoms with van der Waals surface area (Å²) in [6.07, 6.45) is 10.7. The lowest BCUT2D eigenvalue weighted by Crippen LogP contribution is -2.16. The molecule has 1 unspecified atom stereocenters. The van der Waals surface area contributed by atoms with E-state index in [-0.39, 0.29) is 5.92 Å². The predicted molar refractivity (Wildman–Crippen MR) is 93.5 cm³/mol. The van der Waals surface area contributed by atoms with E-state index in [1.54, 1.807) is 6.26 Å². The summed E-state index contributed by atoms with van der Waals surface area (Å²) in [5.74, 6) is 0.0755. The van der Waals surface area contributed by atoms with Gasteiger partial charge in [-0.2, -0.15) is 0 Å². The van der Waals surface area contributed by atoms with E-state index in [2.05, 4.69) is 0 Å². The Morgan fingerprint density at radius 1 is 1.17 bits per heavy atom. The zero-order chi connectivity index (χ0) is 17.5. The van der Waals surface area contributed by atoms with Gasteiger partial charge in [-0.1, -0.05) is 36.4 Å². The van der Waals surface area contributed by atoms with Crippen LogP contribution in [0.25, 0.3) is 0 Å². The summed E-state index contributed by atoms with van der Waals surface area (Å²) in [5, 5.41) is 0. The van der Waals surface area contributed by atoms with Crippen molar-refractivity contribution in [2.75, 3.05) is 14.2 Å². The number of hydrogen-bond acceptors (Lipinski definition) is 4. The zero-order valence-electron chi connectivity index (χ0n) is 14.4. The quantitative estimate of drug-likeness (QED) is 0.466. The van der Waals surface area contributed by atoms with Gasteiger partial charge in [0.25, 0.3) is 0 Å². The summed E-state index contributed by atoms with van der Waals surface area (Å²) in [6.45, 7) is 4.01. The minimum Gasteiger partial charge on any atom is -0.504 e. The van der Waals surface area contributed by atoms with Gasteiger partial charge in [0, 0.05) is 5.92 Å². The number of benzene rings is 1. The maximum atomic E-state index is 12.0. The monoisotopic (exact) mass is 326 g/mol. The Balaban J connectivity index is 2.30. The average molecular weight is 326 g/mol. The van der Waals surface area contributed by atoms with Crippen molar-refractivity contribution in [2.45, 2.75) is 13.8 Å². The predicted octanol–water partition coefficient (Wildman–Crippen LogP) is 4.01. The molecule has 0 aliphatic heterocycles. The smallest absolute Gasteiger partial charge is 0.337 e. The van der Waals surface area contributed by atoms with E-state index < -0.39 is 5.97 Å². The standard InChI is InChI=1S/C20H22O4/c1-14-9-10-15(2)19(11-14)24-12-16-7-5-6-8-17(16)18(13-22-3)20(21)23-4/h5-13,17H,1-4H3/b16-12-,18-13-. The van der Waals surface area contributed by atoms with E-state index >= 15 is 0 Å². The zero-order valence-corrected chi connectivity index (χ0v) is 14.4. The van der Waals surface area contributed by atoms with E-state index in [0.717, 1.165) is 22.4 Å². The molecule has 0 radical (unpaired) electrons. The van der Waals surface area contributed by atoms with Crippen LogP contribution in [0.4, 0.5) is 0 Å². The largest absolute Gasteiger partial charge is 0.504 e. The molecule has 0 bridgehead atoms. The molecule has 24 heavy (non-hydrogen) atoms. The first kappa shape index (κ1) is 17.6. The summed E-state index contributed by atoms with van der Waals surface area (Å²) in [6, 6.07) is 6.04. The fraction of sp³-hybridized carbons (Fsp3) is 0.250. The molecule has 4 nitrogen and oxygen atoms in total. The number of carbonyl (C=O) groups excluding carboxylic acids is 1. The number of ether oxygens (including phenoxy) is 3. The molecule has 4 heteroatoms. The molecule has 126 valence electrons. The Labute approximate surface area is 142 Å². The molecule has 1 aliphatic rings. The van der Waals surface area contributed by atoms with Crippen LogP contribution in [0.3, 0.4) is 0 Å². The normalized spacial score (nSPS) is 18.6. The third-order valence-electron chi connectivity index (χ3n) is 3.73. The third-order valence-corrected chi connectivity index (χ3v) is 3.73. The number of rotatable bonds is 5. The van der Waals surface area contributed by atoms with Crippen LogP contribution in [0.5, 0.6) is 5.75 Å². The van der Waals surface area contributed by atoms with Crippen molar-refractivity contribution in [3.63, 3.8) is 0 Å². The summed E-state index contributed by atoms with van der Waals surface area (Å²) in [5.41, 5.74) is 3.42. The number of hydrogen-bond donors (Lipinski definition) is 0. The molecule has 1 aromatic rings. The molecule has 0 saturated heterocycles. The van der Waals surface area contributed by atoms with Crippen molar-refractivity contribution in [1.82, 2.24) is 0 Å². The second kappa shape index (κ2) is 8.20. The highest BCUT2D eigenvalue weighted by Gasteiger charge is 2.24. The van der Waals surface area contributed by atoms with Crippen LogP contribution < -0.4 is 4.74 Å². The van der Waals surface area contributed by atoms with Crippen LogP contribution in [0.15, 0.2) is 66.2 Å². The van der Waals surface area contributed by atoms with Crippen molar-refractivity contribution in [3.8, 4) is 5.75 Å². The average Bonchev–Trinajstić information content (AvgIpc) is 2.60. The minimum absolute atomic E-state index is 0.285. The van der Waals surface area contributed by atoms with Crippen LogP contribution in [-0.2, 0) is 14.3 Å². The summed E-state index contributed by atoms with van der Waals surface area (Å²) in [7, 11) is 2.85. The van der Waals surface area contributed by atoms with Crippen LogP contribution in [0, 0.1) is 19.8 Å². The fourth-order valence-electron chi connectivity index (χ4n) is 2.41. The van der Waals surface area contributed by atoms with Gasteiger partial charge in [0.05, 0.1) is 32.3 Å². The van der Waals surface area contributed by atoms with Crippen LogP contribution in [0.1, 0.15) is 11.1 Å². The van der Waals surface area contributed by atoms with Crippen molar-refractivity contribution in [2.24, 2.45) is 5.92 Å². The molecule has 0 fully saturated rings. The van der Waals surface area contributed by atoms with Gasteiger partial charge in [0.1, 0.15) is 5.75 Å². The first-order valence-electron chi connectivity index (χ1n) is 7.67. The second-order valence-electron chi connectivity index (χ2n) is 5.53. The molecule has 0 aromatic heterocycles. The van der Waals surface area contributed by atoms with Crippen LogP contribution >= 0.6 is 0 Å². The van der Waals surface area contributed by atoms with Crippen molar-refractivity contribution in [3.05, 3.63) is 77.3 Å². The SMILES string of the molecule is CO/C=C(\C(=O)OC)C1C=CC=C/C1=C/Oc1cc(C)ccc1C. The number of methoxy groups -OCH3 is 2. The summed E-state index contributed by atoms with van der Waals surface area (Å²) >= 11 is 0. The maximum Gasteiger partial charge on any atom is 0.337 e. The maximum absolute atomic E-state index is 12.0. The van der Waals surface area contributed by atoms with Crippen molar-refractivity contribution < 1.29 is 19.0 Å². The molecule has 0 heterocycles. The van der Waals surface area contributed by atoms with Gasteiger partial charge in [-0.15, -0.1) is 0 Å². The Kier molecular flexibility index (Phi) is 6.01. The molecule has 1 aromatic carbocycles. The van der Waals surface area contributed by atoms with Crippen LogP contribution in [0.2, 0.25) is 0 Å². The molecule has 1 atom stereocenters. The van der Waals surface area contributed by atoms with E-state index in [1.807, 2.05) is 56.4 Å². The Hall–Kier alpha value is -2.75. The summed E-state index contributed by atoms with van der Waals surface area (Å²) < 4.78 is 15.7.